The molecule has 1 aliphatic rings. The molecule has 2 aromatic rings. The minimum atomic E-state index is -4.04. The van der Waals surface area contributed by atoms with E-state index in [1.54, 1.807) is 6.92 Å². The third-order valence-electron chi connectivity index (χ3n) is 4.19. The van der Waals surface area contributed by atoms with E-state index in [0.717, 1.165) is 18.5 Å². The van der Waals surface area contributed by atoms with Crippen molar-refractivity contribution in [3.8, 4) is 0 Å². The number of benzene rings is 1. The molecule has 1 aromatic carbocycles. The predicted molar refractivity (Wildman–Crippen MR) is 90.6 cm³/mol. The van der Waals surface area contributed by atoms with Crippen molar-refractivity contribution in [3.05, 3.63) is 51.7 Å². The molecule has 0 saturated heterocycles. The molecule has 134 valence electrons. The Labute approximate surface area is 145 Å². The molecule has 1 atom stereocenters. The topological polar surface area (TPSA) is 119 Å². The van der Waals surface area contributed by atoms with Crippen molar-refractivity contribution in [2.24, 2.45) is 0 Å². The Hall–Kier alpha value is -2.30. The second-order valence-electron chi connectivity index (χ2n) is 5.74. The number of sulfonamides is 1. The predicted octanol–water partition coefficient (Wildman–Crippen LogP) is 0.976. The van der Waals surface area contributed by atoms with Crippen LogP contribution in [0.15, 0.2) is 35.4 Å². The largest absolute Gasteiger partial charge is 0.410 e. The molecule has 9 nitrogen and oxygen atoms in total. The first-order valence-electron chi connectivity index (χ1n) is 7.95. The molecule has 1 aliphatic heterocycles. The second kappa shape index (κ2) is 6.90. The Morgan fingerprint density at radius 3 is 2.92 bits per heavy atom. The highest BCUT2D eigenvalue weighted by molar-refractivity contribution is 7.89. The van der Waals surface area contributed by atoms with Crippen LogP contribution in [0.25, 0.3) is 0 Å². The van der Waals surface area contributed by atoms with Crippen molar-refractivity contribution < 1.29 is 13.3 Å². The first-order chi connectivity index (χ1) is 11.9. The Morgan fingerprint density at radius 1 is 1.44 bits per heavy atom. The maximum Gasteiger partial charge on any atom is 0.410 e. The average molecular weight is 365 g/mol. The number of nitrogens with one attached hydrogen (secondary N) is 2. The number of nitrogens with zero attached hydrogens (tertiary/aromatic N) is 3. The van der Waals surface area contributed by atoms with Crippen molar-refractivity contribution >= 4 is 15.8 Å². The molecule has 1 unspecified atom stereocenters. The quantitative estimate of drug-likeness (QED) is 0.582. The summed E-state index contributed by atoms with van der Waals surface area (Å²) in [6.45, 7) is 2.92. The van der Waals surface area contributed by atoms with Gasteiger partial charge in [0.15, 0.2) is 0 Å². The summed E-state index contributed by atoms with van der Waals surface area (Å²) in [7, 11) is -4.04. The molecule has 2 N–H and O–H groups in total. The van der Waals surface area contributed by atoms with Gasteiger partial charge in [-0.05, 0) is 35.9 Å². The standard InChI is InChI=1S/C15H19N5O4S/c1-2-19-10-14(15(18-19)20(21)22)25(23,24)17-9-13-12-6-4-3-5-11(12)7-8-16-13/h3-6,10,13,16-17H,2,7-9H2,1H3. The lowest BCUT2D eigenvalue weighted by Gasteiger charge is -2.26. The summed E-state index contributed by atoms with van der Waals surface area (Å²) >= 11 is 0. The molecule has 1 aromatic heterocycles. The van der Waals surface area contributed by atoms with Gasteiger partial charge in [-0.25, -0.2) is 13.1 Å². The van der Waals surface area contributed by atoms with Crippen LogP contribution >= 0.6 is 0 Å². The molecule has 0 radical (unpaired) electrons. The minimum absolute atomic E-state index is 0.105. The number of fused-ring (bicyclic) bond motifs is 1. The molecule has 2 heterocycles. The fourth-order valence-electron chi connectivity index (χ4n) is 2.92. The average Bonchev–Trinajstić information content (AvgIpc) is 3.06. The Morgan fingerprint density at radius 2 is 2.20 bits per heavy atom. The van der Waals surface area contributed by atoms with E-state index in [9.17, 15) is 18.5 Å². The van der Waals surface area contributed by atoms with Gasteiger partial charge in [-0.2, -0.15) is 4.68 Å². The third-order valence-corrected chi connectivity index (χ3v) is 5.60. The summed E-state index contributed by atoms with van der Waals surface area (Å²) in [6.07, 6.45) is 2.07. The number of rotatable bonds is 6. The van der Waals surface area contributed by atoms with Gasteiger partial charge in [-0.1, -0.05) is 24.3 Å². The summed E-state index contributed by atoms with van der Waals surface area (Å²) in [5.74, 6) is -0.661. The highest BCUT2D eigenvalue weighted by Gasteiger charge is 2.32. The summed E-state index contributed by atoms with van der Waals surface area (Å²) < 4.78 is 28.8. The number of aryl methyl sites for hydroxylation is 1. The molecular weight excluding hydrogens is 346 g/mol. The van der Waals surface area contributed by atoms with Crippen molar-refractivity contribution in [1.82, 2.24) is 19.8 Å². The van der Waals surface area contributed by atoms with Crippen LogP contribution in [0.5, 0.6) is 0 Å². The molecule has 3 rings (SSSR count). The van der Waals surface area contributed by atoms with Crippen LogP contribution in [-0.2, 0) is 23.0 Å². The summed E-state index contributed by atoms with van der Waals surface area (Å²) in [5, 5.41) is 18.1. The maximum atomic E-state index is 12.5. The van der Waals surface area contributed by atoms with Gasteiger partial charge in [0.2, 0.25) is 4.90 Å². The van der Waals surface area contributed by atoms with E-state index in [1.807, 2.05) is 24.3 Å². The van der Waals surface area contributed by atoms with Gasteiger partial charge in [0.1, 0.15) is 0 Å². The molecule has 0 amide bonds. The van der Waals surface area contributed by atoms with Crippen LogP contribution in [0.2, 0.25) is 0 Å². The zero-order valence-electron chi connectivity index (χ0n) is 13.7. The van der Waals surface area contributed by atoms with Gasteiger partial charge in [0.25, 0.3) is 10.0 Å². The SMILES string of the molecule is CCn1cc(S(=O)(=O)NCC2NCCc3ccccc32)c([N+](=O)[O-])n1. The number of hydrogen-bond donors (Lipinski definition) is 2. The Balaban J connectivity index is 1.82. The van der Waals surface area contributed by atoms with Gasteiger partial charge in [0, 0.05) is 12.6 Å². The van der Waals surface area contributed by atoms with Gasteiger partial charge >= 0.3 is 5.82 Å². The molecular formula is C15H19N5O4S. The van der Waals surface area contributed by atoms with Crippen molar-refractivity contribution in [3.63, 3.8) is 0 Å². The lowest BCUT2D eigenvalue weighted by Crippen LogP contribution is -2.38. The first-order valence-corrected chi connectivity index (χ1v) is 9.43. The zero-order chi connectivity index (χ0) is 18.0. The van der Waals surface area contributed by atoms with Crippen LogP contribution in [0.3, 0.4) is 0 Å². The molecule has 0 fully saturated rings. The summed E-state index contributed by atoms with van der Waals surface area (Å²) in [6, 6.07) is 7.66. The van der Waals surface area contributed by atoms with E-state index in [0.29, 0.717) is 6.54 Å². The van der Waals surface area contributed by atoms with Gasteiger partial charge in [0.05, 0.1) is 17.8 Å². The lowest BCUT2D eigenvalue weighted by molar-refractivity contribution is -0.392. The molecule has 0 spiro atoms. The Kier molecular flexibility index (Phi) is 4.84. The van der Waals surface area contributed by atoms with E-state index in [4.69, 9.17) is 0 Å². The lowest BCUT2D eigenvalue weighted by atomic mass is 9.95. The van der Waals surface area contributed by atoms with Crippen LogP contribution in [-0.4, -0.2) is 36.2 Å². The van der Waals surface area contributed by atoms with Crippen molar-refractivity contribution in [1.29, 1.82) is 0 Å². The molecule has 0 saturated carbocycles. The highest BCUT2D eigenvalue weighted by Crippen LogP contribution is 2.24. The molecule has 0 bridgehead atoms. The van der Waals surface area contributed by atoms with Crippen molar-refractivity contribution in [2.45, 2.75) is 30.8 Å². The molecule has 0 aliphatic carbocycles. The van der Waals surface area contributed by atoms with E-state index in [1.165, 1.54) is 16.4 Å². The van der Waals surface area contributed by atoms with E-state index in [-0.39, 0.29) is 12.6 Å². The van der Waals surface area contributed by atoms with Gasteiger partial charge in [-0.3, -0.25) is 0 Å². The monoisotopic (exact) mass is 365 g/mol. The summed E-state index contributed by atoms with van der Waals surface area (Å²) in [4.78, 5) is 9.90. The normalized spacial score (nSPS) is 17.2. The van der Waals surface area contributed by atoms with Gasteiger partial charge < -0.3 is 15.4 Å². The smallest absolute Gasteiger partial charge is 0.358 e. The fraction of sp³-hybridized carbons (Fsp3) is 0.400. The number of hydrogen-bond acceptors (Lipinski definition) is 6. The van der Waals surface area contributed by atoms with Gasteiger partial charge in [-0.15, -0.1) is 0 Å². The highest BCUT2D eigenvalue weighted by atomic mass is 32.2. The second-order valence-corrected chi connectivity index (χ2v) is 7.47. The third kappa shape index (κ3) is 3.55. The zero-order valence-corrected chi connectivity index (χ0v) is 14.5. The molecule has 25 heavy (non-hydrogen) atoms. The van der Waals surface area contributed by atoms with E-state index >= 15 is 0 Å². The molecule has 10 heteroatoms. The first kappa shape index (κ1) is 17.5. The van der Waals surface area contributed by atoms with E-state index in [2.05, 4.69) is 15.1 Å². The maximum absolute atomic E-state index is 12.5. The van der Waals surface area contributed by atoms with Crippen LogP contribution < -0.4 is 10.0 Å². The van der Waals surface area contributed by atoms with Crippen LogP contribution in [0.1, 0.15) is 24.1 Å². The number of aromatic nitrogens is 2. The Bertz CT molecular complexity index is 893. The van der Waals surface area contributed by atoms with Crippen LogP contribution in [0, 0.1) is 10.1 Å². The summed E-state index contributed by atoms with van der Waals surface area (Å²) in [5.41, 5.74) is 2.21. The van der Waals surface area contributed by atoms with Crippen LogP contribution in [0.4, 0.5) is 5.82 Å². The van der Waals surface area contributed by atoms with E-state index < -0.39 is 25.7 Å². The minimum Gasteiger partial charge on any atom is -0.358 e. The number of nitro groups is 1. The fourth-order valence-corrected chi connectivity index (χ4v) is 4.07. The van der Waals surface area contributed by atoms with Crippen molar-refractivity contribution in [2.75, 3.05) is 13.1 Å².